The number of hydrogen-bond acceptors (Lipinski definition) is 4. The van der Waals surface area contributed by atoms with Gasteiger partial charge in [-0.05, 0) is 37.8 Å². The van der Waals surface area contributed by atoms with Crippen LogP contribution in [0.1, 0.15) is 26.7 Å². The SMILES string of the molecule is CC(C)CNCC1CCC1N1CCN(S(C)(=O)=O)CC1. The van der Waals surface area contributed by atoms with Gasteiger partial charge in [0.2, 0.25) is 10.0 Å². The summed E-state index contributed by atoms with van der Waals surface area (Å²) in [6.45, 7) is 9.74. The van der Waals surface area contributed by atoms with Crippen molar-refractivity contribution in [2.45, 2.75) is 32.7 Å². The van der Waals surface area contributed by atoms with Gasteiger partial charge in [-0.3, -0.25) is 4.90 Å². The minimum Gasteiger partial charge on any atom is -0.316 e. The first-order valence-corrected chi connectivity index (χ1v) is 9.62. The first kappa shape index (κ1) is 16.2. The van der Waals surface area contributed by atoms with E-state index in [4.69, 9.17) is 0 Å². The summed E-state index contributed by atoms with van der Waals surface area (Å²) in [5.74, 6) is 1.45. The van der Waals surface area contributed by atoms with Gasteiger partial charge in [-0.15, -0.1) is 0 Å². The van der Waals surface area contributed by atoms with Gasteiger partial charge in [0.15, 0.2) is 0 Å². The summed E-state index contributed by atoms with van der Waals surface area (Å²) in [6, 6.07) is 0.663. The molecule has 0 spiro atoms. The van der Waals surface area contributed by atoms with Crippen LogP contribution in [0, 0.1) is 11.8 Å². The van der Waals surface area contributed by atoms with E-state index in [1.54, 1.807) is 4.31 Å². The fraction of sp³-hybridized carbons (Fsp3) is 1.00. The second-order valence-corrected chi connectivity index (χ2v) is 8.64. The average molecular weight is 303 g/mol. The van der Waals surface area contributed by atoms with E-state index in [0.717, 1.165) is 32.1 Å². The Labute approximate surface area is 123 Å². The predicted molar refractivity (Wildman–Crippen MR) is 82.2 cm³/mol. The minimum absolute atomic E-state index is 0.654. The molecule has 6 heteroatoms. The Balaban J connectivity index is 1.74. The lowest BCUT2D eigenvalue weighted by Crippen LogP contribution is -2.57. The third-order valence-corrected chi connectivity index (χ3v) is 5.85. The lowest BCUT2D eigenvalue weighted by atomic mass is 9.78. The van der Waals surface area contributed by atoms with Gasteiger partial charge in [-0.2, -0.15) is 4.31 Å². The second kappa shape index (κ2) is 6.73. The van der Waals surface area contributed by atoms with Crippen molar-refractivity contribution in [3.8, 4) is 0 Å². The van der Waals surface area contributed by atoms with Gasteiger partial charge in [0, 0.05) is 32.2 Å². The molecule has 0 aromatic rings. The summed E-state index contributed by atoms with van der Waals surface area (Å²) < 4.78 is 24.6. The van der Waals surface area contributed by atoms with E-state index in [0.29, 0.717) is 25.0 Å². The number of nitrogens with one attached hydrogen (secondary N) is 1. The third-order valence-electron chi connectivity index (χ3n) is 4.55. The van der Waals surface area contributed by atoms with Crippen LogP contribution in [0.5, 0.6) is 0 Å². The zero-order chi connectivity index (χ0) is 14.8. The van der Waals surface area contributed by atoms with E-state index >= 15 is 0 Å². The van der Waals surface area contributed by atoms with Crippen molar-refractivity contribution < 1.29 is 8.42 Å². The Morgan fingerprint density at radius 1 is 1.15 bits per heavy atom. The molecule has 1 aliphatic carbocycles. The van der Waals surface area contributed by atoms with Crippen molar-refractivity contribution in [1.29, 1.82) is 0 Å². The molecule has 5 nitrogen and oxygen atoms in total. The molecule has 0 amide bonds. The van der Waals surface area contributed by atoms with Gasteiger partial charge >= 0.3 is 0 Å². The molecule has 20 heavy (non-hydrogen) atoms. The van der Waals surface area contributed by atoms with Crippen LogP contribution >= 0.6 is 0 Å². The molecule has 1 N–H and O–H groups in total. The lowest BCUT2D eigenvalue weighted by Gasteiger charge is -2.47. The molecular formula is C14H29N3O2S. The fourth-order valence-corrected chi connectivity index (χ4v) is 4.02. The van der Waals surface area contributed by atoms with Gasteiger partial charge in [0.25, 0.3) is 0 Å². The molecule has 0 aromatic heterocycles. The van der Waals surface area contributed by atoms with Crippen LogP contribution < -0.4 is 5.32 Å². The monoisotopic (exact) mass is 303 g/mol. The van der Waals surface area contributed by atoms with E-state index in [2.05, 4.69) is 24.1 Å². The molecule has 0 aromatic carbocycles. The van der Waals surface area contributed by atoms with Gasteiger partial charge in [0.1, 0.15) is 0 Å². The van der Waals surface area contributed by atoms with Crippen LogP contribution in [0.15, 0.2) is 0 Å². The fourth-order valence-electron chi connectivity index (χ4n) is 3.19. The molecule has 118 valence electrons. The maximum absolute atomic E-state index is 11.5. The van der Waals surface area contributed by atoms with Crippen LogP contribution in [0.3, 0.4) is 0 Å². The van der Waals surface area contributed by atoms with Gasteiger partial charge < -0.3 is 5.32 Å². The largest absolute Gasteiger partial charge is 0.316 e. The van der Waals surface area contributed by atoms with Crippen molar-refractivity contribution in [2.24, 2.45) is 11.8 Å². The van der Waals surface area contributed by atoms with Crippen LogP contribution in [0.2, 0.25) is 0 Å². The highest BCUT2D eigenvalue weighted by atomic mass is 32.2. The van der Waals surface area contributed by atoms with E-state index in [1.165, 1.54) is 19.1 Å². The Kier molecular flexibility index (Phi) is 5.45. The van der Waals surface area contributed by atoms with Crippen molar-refractivity contribution in [3.05, 3.63) is 0 Å². The first-order valence-electron chi connectivity index (χ1n) is 7.78. The first-order chi connectivity index (χ1) is 9.38. The highest BCUT2D eigenvalue weighted by molar-refractivity contribution is 7.88. The predicted octanol–water partition coefficient (Wildman–Crippen LogP) is 0.588. The molecule has 0 radical (unpaired) electrons. The van der Waals surface area contributed by atoms with Gasteiger partial charge in [-0.25, -0.2) is 8.42 Å². The zero-order valence-electron chi connectivity index (χ0n) is 13.0. The summed E-state index contributed by atoms with van der Waals surface area (Å²) in [5, 5.41) is 3.56. The minimum atomic E-state index is -3.01. The molecule has 1 saturated carbocycles. The topological polar surface area (TPSA) is 52.6 Å². The van der Waals surface area contributed by atoms with E-state index in [-0.39, 0.29) is 0 Å². The molecule has 2 fully saturated rings. The molecule has 1 heterocycles. The molecule has 1 aliphatic heterocycles. The molecule has 2 rings (SSSR count). The van der Waals surface area contributed by atoms with Crippen molar-refractivity contribution in [3.63, 3.8) is 0 Å². The van der Waals surface area contributed by atoms with E-state index < -0.39 is 10.0 Å². The summed E-state index contributed by atoms with van der Waals surface area (Å²) >= 11 is 0. The highest BCUT2D eigenvalue weighted by Gasteiger charge is 2.37. The third kappa shape index (κ3) is 4.16. The quantitative estimate of drug-likeness (QED) is 0.780. The zero-order valence-corrected chi connectivity index (χ0v) is 13.8. The van der Waals surface area contributed by atoms with Crippen LogP contribution in [0.4, 0.5) is 0 Å². The average Bonchev–Trinajstić information content (AvgIpc) is 2.32. The van der Waals surface area contributed by atoms with Crippen LogP contribution in [0.25, 0.3) is 0 Å². The lowest BCUT2D eigenvalue weighted by molar-refractivity contribution is 0.0377. The van der Waals surface area contributed by atoms with Gasteiger partial charge in [-0.1, -0.05) is 13.8 Å². The molecule has 2 unspecified atom stereocenters. The number of piperazine rings is 1. The number of nitrogens with zero attached hydrogens (tertiary/aromatic N) is 2. The Morgan fingerprint density at radius 3 is 2.25 bits per heavy atom. The Hall–Kier alpha value is -0.170. The van der Waals surface area contributed by atoms with E-state index in [9.17, 15) is 8.42 Å². The summed E-state index contributed by atoms with van der Waals surface area (Å²) in [6.07, 6.45) is 3.89. The number of hydrogen-bond donors (Lipinski definition) is 1. The summed E-state index contributed by atoms with van der Waals surface area (Å²) in [7, 11) is -3.01. The summed E-state index contributed by atoms with van der Waals surface area (Å²) in [5.41, 5.74) is 0. The molecule has 2 atom stereocenters. The summed E-state index contributed by atoms with van der Waals surface area (Å²) in [4.78, 5) is 2.49. The molecule has 0 bridgehead atoms. The normalized spacial score (nSPS) is 29.6. The smallest absolute Gasteiger partial charge is 0.211 e. The van der Waals surface area contributed by atoms with E-state index in [1.807, 2.05) is 0 Å². The molecule has 2 aliphatic rings. The second-order valence-electron chi connectivity index (χ2n) is 6.65. The Morgan fingerprint density at radius 2 is 1.80 bits per heavy atom. The highest BCUT2D eigenvalue weighted by Crippen LogP contribution is 2.32. The van der Waals surface area contributed by atoms with Gasteiger partial charge in [0.05, 0.1) is 6.26 Å². The number of rotatable bonds is 6. The molecular weight excluding hydrogens is 274 g/mol. The van der Waals surface area contributed by atoms with Crippen molar-refractivity contribution in [2.75, 3.05) is 45.5 Å². The standard InChI is InChI=1S/C14H29N3O2S/c1-12(2)10-15-11-13-4-5-14(13)16-6-8-17(9-7-16)20(3,18)19/h12-15H,4-11H2,1-3H3. The van der Waals surface area contributed by atoms with Crippen molar-refractivity contribution in [1.82, 2.24) is 14.5 Å². The maximum Gasteiger partial charge on any atom is 0.211 e. The number of sulfonamides is 1. The Bertz CT molecular complexity index is 403. The van der Waals surface area contributed by atoms with Crippen molar-refractivity contribution >= 4 is 10.0 Å². The maximum atomic E-state index is 11.5. The van der Waals surface area contributed by atoms with Crippen LogP contribution in [-0.4, -0.2) is 69.2 Å². The van der Waals surface area contributed by atoms with Crippen LogP contribution in [-0.2, 0) is 10.0 Å². The molecule has 1 saturated heterocycles.